The smallest absolute Gasteiger partial charge is 0.317 e. The molecule has 9 heteroatoms. The summed E-state index contributed by atoms with van der Waals surface area (Å²) in [4.78, 5) is 31.0. The molecule has 0 saturated carbocycles. The number of nitrogens with zero attached hydrogens (tertiary/aromatic N) is 3. The number of fused-ring (bicyclic) bond motifs is 1. The van der Waals surface area contributed by atoms with Crippen LogP contribution >= 0.6 is 11.6 Å². The van der Waals surface area contributed by atoms with Gasteiger partial charge in [0, 0.05) is 56.4 Å². The topological polar surface area (TPSA) is 74.4 Å². The normalized spacial score (nSPS) is 20.7. The Morgan fingerprint density at radius 3 is 2.56 bits per heavy atom. The number of rotatable bonds is 4. The fourth-order valence-electron chi connectivity index (χ4n) is 4.35. The van der Waals surface area contributed by atoms with Crippen molar-refractivity contribution in [3.05, 3.63) is 53.1 Å². The van der Waals surface area contributed by atoms with Crippen molar-refractivity contribution in [2.45, 2.75) is 19.0 Å². The number of hydrogen-bond acceptors (Lipinski definition) is 5. The van der Waals surface area contributed by atoms with Crippen LogP contribution in [0.25, 0.3) is 0 Å². The van der Waals surface area contributed by atoms with Gasteiger partial charge in [0.2, 0.25) is 12.7 Å². The van der Waals surface area contributed by atoms with Crippen molar-refractivity contribution in [3.63, 3.8) is 0 Å². The monoisotopic (exact) mass is 456 g/mol. The van der Waals surface area contributed by atoms with Crippen LogP contribution in [-0.4, -0.2) is 67.3 Å². The number of carbonyl (C=O) groups is 2. The van der Waals surface area contributed by atoms with Crippen LogP contribution in [0.1, 0.15) is 12.0 Å². The molecule has 5 rings (SSSR count). The maximum Gasteiger partial charge on any atom is 0.317 e. The SMILES string of the molecule is O=C(NC1CC(=O)N(c2ccc(Cl)cc2)C1)N1CCN(Cc2ccc3c(c2)OCO3)CC1. The number of hydrogen-bond donors (Lipinski definition) is 1. The fourth-order valence-corrected chi connectivity index (χ4v) is 4.47. The first kappa shape index (κ1) is 20.9. The molecule has 2 aromatic rings. The fraction of sp³-hybridized carbons (Fsp3) is 0.391. The molecule has 2 fully saturated rings. The molecule has 0 bridgehead atoms. The Kier molecular flexibility index (Phi) is 5.80. The highest BCUT2D eigenvalue weighted by molar-refractivity contribution is 6.30. The van der Waals surface area contributed by atoms with Gasteiger partial charge in [-0.1, -0.05) is 17.7 Å². The van der Waals surface area contributed by atoms with Gasteiger partial charge < -0.3 is 24.6 Å². The summed E-state index contributed by atoms with van der Waals surface area (Å²) < 4.78 is 10.8. The summed E-state index contributed by atoms with van der Waals surface area (Å²) in [5.74, 6) is 1.58. The Balaban J connectivity index is 1.10. The second kappa shape index (κ2) is 8.88. The average Bonchev–Trinajstić information content (AvgIpc) is 3.40. The molecule has 1 atom stereocenters. The van der Waals surface area contributed by atoms with E-state index in [-0.39, 0.29) is 24.8 Å². The summed E-state index contributed by atoms with van der Waals surface area (Å²) in [6.07, 6.45) is 0.304. The predicted octanol–water partition coefficient (Wildman–Crippen LogP) is 2.70. The van der Waals surface area contributed by atoms with Crippen molar-refractivity contribution in [1.29, 1.82) is 0 Å². The lowest BCUT2D eigenvalue weighted by atomic mass is 10.1. The van der Waals surface area contributed by atoms with Crippen LogP contribution in [0, 0.1) is 0 Å². The molecule has 0 radical (unpaired) electrons. The van der Waals surface area contributed by atoms with Gasteiger partial charge in [0.15, 0.2) is 11.5 Å². The van der Waals surface area contributed by atoms with E-state index in [1.807, 2.05) is 29.2 Å². The molecule has 3 aliphatic rings. The van der Waals surface area contributed by atoms with Crippen LogP contribution < -0.4 is 19.7 Å². The van der Waals surface area contributed by atoms with Crippen LogP contribution in [0.15, 0.2) is 42.5 Å². The van der Waals surface area contributed by atoms with E-state index in [1.165, 1.54) is 5.56 Å². The number of carbonyl (C=O) groups excluding carboxylic acids is 2. The predicted molar refractivity (Wildman–Crippen MR) is 120 cm³/mol. The summed E-state index contributed by atoms with van der Waals surface area (Å²) in [6.45, 7) is 4.44. The number of anilines is 1. The molecular formula is C23H25ClN4O4. The van der Waals surface area contributed by atoms with Crippen LogP contribution in [0.4, 0.5) is 10.5 Å². The average molecular weight is 457 g/mol. The Bertz CT molecular complexity index is 1010. The number of ether oxygens (including phenoxy) is 2. The molecule has 0 aromatic heterocycles. The standard InChI is InChI=1S/C23H25ClN4O4/c24-17-2-4-19(5-3-17)28-14-18(12-22(28)29)25-23(30)27-9-7-26(8-10-27)13-16-1-6-20-21(11-16)32-15-31-20/h1-6,11,18H,7-10,12-15H2,(H,25,30). The molecule has 3 amide bonds. The van der Waals surface area contributed by atoms with E-state index in [9.17, 15) is 9.59 Å². The highest BCUT2D eigenvalue weighted by atomic mass is 35.5. The van der Waals surface area contributed by atoms with Gasteiger partial charge in [0.1, 0.15) is 0 Å². The van der Waals surface area contributed by atoms with Crippen molar-refractivity contribution in [2.24, 2.45) is 0 Å². The third-order valence-electron chi connectivity index (χ3n) is 6.09. The number of piperazine rings is 1. The Hall–Kier alpha value is -2.97. The van der Waals surface area contributed by atoms with Crippen LogP contribution in [-0.2, 0) is 11.3 Å². The maximum atomic E-state index is 12.8. The highest BCUT2D eigenvalue weighted by Crippen LogP contribution is 2.33. The zero-order valence-electron chi connectivity index (χ0n) is 17.6. The van der Waals surface area contributed by atoms with Crippen molar-refractivity contribution in [2.75, 3.05) is 44.4 Å². The molecule has 1 N–H and O–H groups in total. The first-order valence-corrected chi connectivity index (χ1v) is 11.2. The lowest BCUT2D eigenvalue weighted by Gasteiger charge is -2.35. The molecule has 2 saturated heterocycles. The highest BCUT2D eigenvalue weighted by Gasteiger charge is 2.33. The minimum atomic E-state index is -0.197. The minimum Gasteiger partial charge on any atom is -0.454 e. The van der Waals surface area contributed by atoms with E-state index < -0.39 is 0 Å². The summed E-state index contributed by atoms with van der Waals surface area (Å²) in [6, 6.07) is 12.9. The minimum absolute atomic E-state index is 0.00571. The molecule has 3 heterocycles. The molecule has 168 valence electrons. The first-order valence-electron chi connectivity index (χ1n) is 10.8. The van der Waals surface area contributed by atoms with E-state index >= 15 is 0 Å². The summed E-state index contributed by atoms with van der Waals surface area (Å²) in [5, 5.41) is 3.66. The molecular weight excluding hydrogens is 432 g/mol. The summed E-state index contributed by atoms with van der Waals surface area (Å²) in [7, 11) is 0. The van der Waals surface area contributed by atoms with E-state index in [0.29, 0.717) is 31.1 Å². The van der Waals surface area contributed by atoms with Gasteiger partial charge in [-0.15, -0.1) is 0 Å². The molecule has 0 aliphatic carbocycles. The van der Waals surface area contributed by atoms with Crippen LogP contribution in [0.2, 0.25) is 5.02 Å². The zero-order valence-corrected chi connectivity index (χ0v) is 18.4. The van der Waals surface area contributed by atoms with Gasteiger partial charge in [-0.05, 0) is 42.0 Å². The van der Waals surface area contributed by atoms with Gasteiger partial charge in [-0.25, -0.2) is 4.79 Å². The molecule has 3 aliphatic heterocycles. The number of nitrogens with one attached hydrogen (secondary N) is 1. The van der Waals surface area contributed by atoms with E-state index in [0.717, 1.165) is 36.8 Å². The Morgan fingerprint density at radius 1 is 1.03 bits per heavy atom. The number of amides is 3. The largest absolute Gasteiger partial charge is 0.454 e. The van der Waals surface area contributed by atoms with Gasteiger partial charge in [-0.2, -0.15) is 0 Å². The summed E-state index contributed by atoms with van der Waals surface area (Å²) >= 11 is 5.94. The first-order chi connectivity index (χ1) is 15.5. The Labute approximate surface area is 191 Å². The zero-order chi connectivity index (χ0) is 22.1. The van der Waals surface area contributed by atoms with Crippen molar-refractivity contribution in [1.82, 2.24) is 15.1 Å². The van der Waals surface area contributed by atoms with Crippen molar-refractivity contribution in [3.8, 4) is 11.5 Å². The second-order valence-corrected chi connectivity index (χ2v) is 8.72. The molecule has 32 heavy (non-hydrogen) atoms. The van der Waals surface area contributed by atoms with E-state index in [1.54, 1.807) is 17.0 Å². The third kappa shape index (κ3) is 4.47. The van der Waals surface area contributed by atoms with Crippen molar-refractivity contribution < 1.29 is 19.1 Å². The lowest BCUT2D eigenvalue weighted by Crippen LogP contribution is -2.53. The van der Waals surface area contributed by atoms with Crippen LogP contribution in [0.3, 0.4) is 0 Å². The van der Waals surface area contributed by atoms with Gasteiger partial charge in [-0.3, -0.25) is 9.69 Å². The molecule has 8 nitrogen and oxygen atoms in total. The van der Waals surface area contributed by atoms with Gasteiger partial charge >= 0.3 is 6.03 Å². The van der Waals surface area contributed by atoms with Gasteiger partial charge in [0.05, 0.1) is 6.04 Å². The third-order valence-corrected chi connectivity index (χ3v) is 6.35. The molecule has 2 aromatic carbocycles. The van der Waals surface area contributed by atoms with E-state index in [2.05, 4.69) is 16.3 Å². The molecule has 1 unspecified atom stereocenters. The number of halogens is 1. The van der Waals surface area contributed by atoms with Crippen LogP contribution in [0.5, 0.6) is 11.5 Å². The quantitative estimate of drug-likeness (QED) is 0.765. The lowest BCUT2D eigenvalue weighted by molar-refractivity contribution is -0.117. The Morgan fingerprint density at radius 2 is 1.78 bits per heavy atom. The van der Waals surface area contributed by atoms with Crippen molar-refractivity contribution >= 4 is 29.2 Å². The number of benzene rings is 2. The summed E-state index contributed by atoms with van der Waals surface area (Å²) in [5.41, 5.74) is 1.96. The second-order valence-electron chi connectivity index (χ2n) is 8.28. The molecule has 0 spiro atoms. The maximum absolute atomic E-state index is 12.8. The number of urea groups is 1. The van der Waals surface area contributed by atoms with Gasteiger partial charge in [0.25, 0.3) is 0 Å². The van der Waals surface area contributed by atoms with E-state index in [4.69, 9.17) is 21.1 Å².